The molecule has 0 saturated carbocycles. The second kappa shape index (κ2) is 6.56. The summed E-state index contributed by atoms with van der Waals surface area (Å²) in [5.74, 6) is 0. The Morgan fingerprint density at radius 2 is 1.52 bits per heavy atom. The minimum atomic E-state index is -0.287. The fourth-order valence-corrected chi connectivity index (χ4v) is 4.86. The topological polar surface area (TPSA) is 41.3 Å². The zero-order valence-electron chi connectivity index (χ0n) is 15.2. The van der Waals surface area contributed by atoms with Crippen LogP contribution in [0.2, 0.25) is 0 Å². The quantitative estimate of drug-likeness (QED) is 0.901. The van der Waals surface area contributed by atoms with Crippen LogP contribution < -0.4 is 11.1 Å². The van der Waals surface area contributed by atoms with Gasteiger partial charge in [-0.15, -0.1) is 0 Å². The van der Waals surface area contributed by atoms with E-state index in [9.17, 15) is 0 Å². The average Bonchev–Trinajstić information content (AvgIpc) is 3.04. The van der Waals surface area contributed by atoms with E-state index >= 15 is 0 Å². The van der Waals surface area contributed by atoms with Gasteiger partial charge >= 0.3 is 0 Å². The van der Waals surface area contributed by atoms with Gasteiger partial charge < -0.3 is 11.1 Å². The van der Waals surface area contributed by atoms with E-state index in [2.05, 4.69) is 71.7 Å². The van der Waals surface area contributed by atoms with Gasteiger partial charge in [-0.25, -0.2) is 0 Å². The molecule has 1 unspecified atom stereocenters. The lowest BCUT2D eigenvalue weighted by Gasteiger charge is -2.53. The smallest absolute Gasteiger partial charge is 0.0471 e. The molecule has 1 heterocycles. The second-order valence-corrected chi connectivity index (χ2v) is 7.97. The number of benzene rings is 2. The Labute approximate surface area is 151 Å². The van der Waals surface area contributed by atoms with Gasteiger partial charge in [-0.2, -0.15) is 0 Å². The van der Waals surface area contributed by atoms with Gasteiger partial charge in [0.1, 0.15) is 0 Å². The first-order chi connectivity index (χ1) is 12.1. The Balaban J connectivity index is 1.70. The molecule has 0 spiro atoms. The molecular formula is C22H29N3. The number of fused-ring (bicyclic) bond motifs is 1. The zero-order valence-corrected chi connectivity index (χ0v) is 15.2. The molecule has 2 aromatic rings. The second-order valence-electron chi connectivity index (χ2n) is 7.97. The number of nitrogens with zero attached hydrogens (tertiary/aromatic N) is 1. The molecular weight excluding hydrogens is 306 g/mol. The molecule has 1 saturated heterocycles. The number of rotatable bonds is 4. The molecule has 3 N–H and O–H groups in total. The van der Waals surface area contributed by atoms with Crippen molar-refractivity contribution in [3.05, 3.63) is 71.3 Å². The molecule has 1 fully saturated rings. The lowest BCUT2D eigenvalue weighted by atomic mass is 9.71. The molecule has 0 amide bonds. The van der Waals surface area contributed by atoms with Crippen LogP contribution in [0.1, 0.15) is 23.6 Å². The van der Waals surface area contributed by atoms with Crippen molar-refractivity contribution in [3.8, 4) is 0 Å². The fraction of sp³-hybridized carbons (Fsp3) is 0.455. The Kier molecular flexibility index (Phi) is 4.40. The molecule has 4 rings (SSSR count). The third-order valence-electron chi connectivity index (χ3n) is 6.28. The summed E-state index contributed by atoms with van der Waals surface area (Å²) >= 11 is 0. The van der Waals surface area contributed by atoms with Crippen molar-refractivity contribution >= 4 is 0 Å². The molecule has 1 aliphatic heterocycles. The molecule has 2 aliphatic rings. The van der Waals surface area contributed by atoms with Crippen molar-refractivity contribution in [2.75, 3.05) is 26.2 Å². The highest BCUT2D eigenvalue weighted by molar-refractivity contribution is 5.40. The summed E-state index contributed by atoms with van der Waals surface area (Å²) in [4.78, 5) is 2.67. The summed E-state index contributed by atoms with van der Waals surface area (Å²) in [5.41, 5.74) is 11.1. The molecule has 0 radical (unpaired) electrons. The summed E-state index contributed by atoms with van der Waals surface area (Å²) < 4.78 is 0. The predicted molar refractivity (Wildman–Crippen MR) is 104 cm³/mol. The van der Waals surface area contributed by atoms with Gasteiger partial charge in [-0.1, -0.05) is 54.6 Å². The lowest BCUT2D eigenvalue weighted by molar-refractivity contribution is 0.0179. The van der Waals surface area contributed by atoms with Crippen LogP contribution in [-0.2, 0) is 19.3 Å². The number of nitrogens with one attached hydrogen (secondary N) is 1. The predicted octanol–water partition coefficient (Wildman–Crippen LogP) is 2.39. The number of hydrogen-bond donors (Lipinski definition) is 2. The van der Waals surface area contributed by atoms with Crippen molar-refractivity contribution in [1.82, 2.24) is 10.2 Å². The average molecular weight is 335 g/mol. The van der Waals surface area contributed by atoms with Crippen molar-refractivity contribution in [2.45, 2.75) is 37.3 Å². The van der Waals surface area contributed by atoms with Gasteiger partial charge in [0.15, 0.2) is 0 Å². The van der Waals surface area contributed by atoms with Gasteiger partial charge in [0.05, 0.1) is 0 Å². The number of hydrogen-bond acceptors (Lipinski definition) is 3. The van der Waals surface area contributed by atoms with Crippen LogP contribution in [0.3, 0.4) is 0 Å². The first-order valence-electron chi connectivity index (χ1n) is 9.46. The van der Waals surface area contributed by atoms with Crippen LogP contribution in [0.5, 0.6) is 0 Å². The zero-order chi connectivity index (χ0) is 17.3. The van der Waals surface area contributed by atoms with E-state index in [1.54, 1.807) is 0 Å². The van der Waals surface area contributed by atoms with Crippen molar-refractivity contribution in [1.29, 1.82) is 0 Å². The molecule has 1 atom stereocenters. The first-order valence-corrected chi connectivity index (χ1v) is 9.46. The van der Waals surface area contributed by atoms with Crippen LogP contribution in [-0.4, -0.2) is 42.2 Å². The Bertz CT molecular complexity index is 692. The first kappa shape index (κ1) is 16.8. The molecule has 2 aromatic carbocycles. The van der Waals surface area contributed by atoms with E-state index in [1.165, 1.54) is 16.7 Å². The van der Waals surface area contributed by atoms with E-state index in [0.29, 0.717) is 0 Å². The van der Waals surface area contributed by atoms with Crippen molar-refractivity contribution < 1.29 is 0 Å². The summed E-state index contributed by atoms with van der Waals surface area (Å²) in [7, 11) is 0. The standard InChI is InChI=1S/C22H29N3/c1-21(23,15-18-7-3-2-4-8-18)22(25-13-11-24-12-14-25)16-19-9-5-6-10-20(19)17-22/h2-10,24H,11-17,23H2,1H3. The number of piperazine rings is 1. The molecule has 132 valence electrons. The SMILES string of the molecule is CC(N)(Cc1ccccc1)C1(N2CCNCC2)Cc2ccccc2C1. The Morgan fingerprint density at radius 1 is 0.960 bits per heavy atom. The van der Waals surface area contributed by atoms with E-state index in [-0.39, 0.29) is 11.1 Å². The highest BCUT2D eigenvalue weighted by atomic mass is 15.3. The molecule has 25 heavy (non-hydrogen) atoms. The van der Waals surface area contributed by atoms with Crippen LogP contribution in [0.25, 0.3) is 0 Å². The minimum absolute atomic E-state index is 0.00533. The summed E-state index contributed by atoms with van der Waals surface area (Å²) in [5, 5.41) is 3.50. The van der Waals surface area contributed by atoms with Gasteiger partial charge in [-0.05, 0) is 42.9 Å². The van der Waals surface area contributed by atoms with Crippen LogP contribution in [0.15, 0.2) is 54.6 Å². The maximum Gasteiger partial charge on any atom is 0.0471 e. The molecule has 0 aromatic heterocycles. The van der Waals surface area contributed by atoms with Crippen molar-refractivity contribution in [3.63, 3.8) is 0 Å². The van der Waals surface area contributed by atoms with Gasteiger partial charge in [0.25, 0.3) is 0 Å². The van der Waals surface area contributed by atoms with E-state index in [0.717, 1.165) is 45.4 Å². The van der Waals surface area contributed by atoms with Gasteiger partial charge in [-0.3, -0.25) is 4.90 Å². The Hall–Kier alpha value is -1.68. The highest BCUT2D eigenvalue weighted by Gasteiger charge is 2.52. The molecule has 0 bridgehead atoms. The van der Waals surface area contributed by atoms with E-state index in [4.69, 9.17) is 5.73 Å². The molecule has 1 aliphatic carbocycles. The van der Waals surface area contributed by atoms with Crippen LogP contribution >= 0.6 is 0 Å². The van der Waals surface area contributed by atoms with Crippen LogP contribution in [0, 0.1) is 0 Å². The minimum Gasteiger partial charge on any atom is -0.323 e. The summed E-state index contributed by atoms with van der Waals surface area (Å²) in [6, 6.07) is 19.6. The third kappa shape index (κ3) is 3.01. The summed E-state index contributed by atoms with van der Waals surface area (Å²) in [6.45, 7) is 6.54. The summed E-state index contributed by atoms with van der Waals surface area (Å²) in [6.07, 6.45) is 3.03. The van der Waals surface area contributed by atoms with E-state index in [1.807, 2.05) is 0 Å². The molecule has 3 nitrogen and oxygen atoms in total. The van der Waals surface area contributed by atoms with Gasteiger partial charge in [0, 0.05) is 37.3 Å². The third-order valence-corrected chi connectivity index (χ3v) is 6.28. The largest absolute Gasteiger partial charge is 0.323 e. The van der Waals surface area contributed by atoms with Crippen LogP contribution in [0.4, 0.5) is 0 Å². The fourth-order valence-electron chi connectivity index (χ4n) is 4.86. The number of nitrogens with two attached hydrogens (primary N) is 1. The van der Waals surface area contributed by atoms with E-state index < -0.39 is 0 Å². The monoisotopic (exact) mass is 335 g/mol. The Morgan fingerprint density at radius 3 is 2.12 bits per heavy atom. The molecule has 3 heteroatoms. The lowest BCUT2D eigenvalue weighted by Crippen LogP contribution is -2.71. The van der Waals surface area contributed by atoms with Gasteiger partial charge in [0.2, 0.25) is 0 Å². The normalized spacial score (nSPS) is 22.3. The highest BCUT2D eigenvalue weighted by Crippen LogP contribution is 2.42. The van der Waals surface area contributed by atoms with Crippen molar-refractivity contribution in [2.24, 2.45) is 5.73 Å². The maximum absolute atomic E-state index is 7.14. The maximum atomic E-state index is 7.14.